The molecule has 0 bridgehead atoms. The van der Waals surface area contributed by atoms with Gasteiger partial charge in [0.05, 0.1) is 0 Å². The Kier molecular flexibility index (Phi) is 2.92. The zero-order chi connectivity index (χ0) is 11.8. The van der Waals surface area contributed by atoms with Crippen molar-refractivity contribution in [2.75, 3.05) is 19.6 Å². The summed E-state index contributed by atoms with van der Waals surface area (Å²) in [5.74, 6) is 0.814. The Morgan fingerprint density at radius 1 is 1.41 bits per heavy atom. The first-order valence-electron chi connectivity index (χ1n) is 6.02. The lowest BCUT2D eigenvalue weighted by molar-refractivity contribution is 0.0782. The Labute approximate surface area is 109 Å². The predicted molar refractivity (Wildman–Crippen MR) is 69.9 cm³/mol. The van der Waals surface area contributed by atoms with Crippen LogP contribution in [0.3, 0.4) is 0 Å². The fourth-order valence-electron chi connectivity index (χ4n) is 2.82. The zero-order valence-corrected chi connectivity index (χ0v) is 11.1. The molecule has 0 unspecified atom stereocenters. The second-order valence-corrected chi connectivity index (χ2v) is 5.75. The van der Waals surface area contributed by atoms with Gasteiger partial charge in [0.1, 0.15) is 0 Å². The van der Waals surface area contributed by atoms with Crippen molar-refractivity contribution in [3.63, 3.8) is 0 Å². The van der Waals surface area contributed by atoms with Crippen LogP contribution in [-0.2, 0) is 0 Å². The summed E-state index contributed by atoms with van der Waals surface area (Å²) in [6.07, 6.45) is 1.20. The molecule has 2 aliphatic rings. The molecule has 3 nitrogen and oxygen atoms in total. The molecule has 90 valence electrons. The normalized spacial score (nSPS) is 27.2. The number of carbonyl (C=O) groups excluding carboxylic acids is 1. The van der Waals surface area contributed by atoms with Crippen LogP contribution in [0.1, 0.15) is 16.8 Å². The highest BCUT2D eigenvalue weighted by Crippen LogP contribution is 2.26. The quantitative estimate of drug-likeness (QED) is 0.858. The molecule has 3 rings (SSSR count). The minimum absolute atomic E-state index is 0.155. The van der Waals surface area contributed by atoms with Crippen molar-refractivity contribution in [2.24, 2.45) is 5.92 Å². The number of hydrogen-bond acceptors (Lipinski definition) is 2. The van der Waals surface area contributed by atoms with E-state index < -0.39 is 0 Å². The van der Waals surface area contributed by atoms with E-state index in [0.717, 1.165) is 29.7 Å². The minimum atomic E-state index is 0.155. The van der Waals surface area contributed by atoms with Crippen LogP contribution in [0.5, 0.6) is 0 Å². The number of nitrogens with one attached hydrogen (secondary N) is 1. The summed E-state index contributed by atoms with van der Waals surface area (Å²) < 4.78 is 0.959. The number of hydrogen-bond donors (Lipinski definition) is 1. The average Bonchev–Trinajstić information content (AvgIpc) is 2.88. The Morgan fingerprint density at radius 2 is 2.29 bits per heavy atom. The van der Waals surface area contributed by atoms with Gasteiger partial charge in [0.15, 0.2) is 0 Å². The summed E-state index contributed by atoms with van der Waals surface area (Å²) in [6, 6.07) is 8.15. The molecule has 2 saturated heterocycles. The smallest absolute Gasteiger partial charge is 0.253 e. The van der Waals surface area contributed by atoms with Gasteiger partial charge in [-0.05, 0) is 37.1 Å². The van der Waals surface area contributed by atoms with Gasteiger partial charge >= 0.3 is 0 Å². The highest BCUT2D eigenvalue weighted by Gasteiger charge is 2.38. The summed E-state index contributed by atoms with van der Waals surface area (Å²) in [7, 11) is 0. The van der Waals surface area contributed by atoms with Crippen LogP contribution in [-0.4, -0.2) is 36.5 Å². The Hall–Kier alpha value is -0.870. The molecule has 17 heavy (non-hydrogen) atoms. The number of amides is 1. The number of nitrogens with zero attached hydrogens (tertiary/aromatic N) is 1. The van der Waals surface area contributed by atoms with E-state index in [9.17, 15) is 4.79 Å². The lowest BCUT2D eigenvalue weighted by Crippen LogP contribution is -2.33. The van der Waals surface area contributed by atoms with E-state index in [1.165, 1.54) is 6.42 Å². The maximum absolute atomic E-state index is 12.3. The molecule has 0 radical (unpaired) electrons. The highest BCUT2D eigenvalue weighted by atomic mass is 79.9. The zero-order valence-electron chi connectivity index (χ0n) is 9.53. The fourth-order valence-corrected chi connectivity index (χ4v) is 3.22. The summed E-state index contributed by atoms with van der Waals surface area (Å²) in [4.78, 5) is 14.3. The predicted octanol–water partition coefficient (Wildman–Crippen LogP) is 1.88. The molecule has 1 N–H and O–H groups in total. The second-order valence-electron chi connectivity index (χ2n) is 4.83. The molecule has 4 heteroatoms. The SMILES string of the molecule is O=C(c1cccc(Br)c1)N1C[C@@H]2CCN[C@@H]2C1. The first-order valence-corrected chi connectivity index (χ1v) is 6.81. The van der Waals surface area contributed by atoms with Gasteiger partial charge in [-0.3, -0.25) is 4.79 Å². The van der Waals surface area contributed by atoms with Gasteiger partial charge in [0.25, 0.3) is 5.91 Å². The van der Waals surface area contributed by atoms with E-state index >= 15 is 0 Å². The molecule has 0 aliphatic carbocycles. The van der Waals surface area contributed by atoms with Crippen molar-refractivity contribution in [2.45, 2.75) is 12.5 Å². The Morgan fingerprint density at radius 3 is 3.06 bits per heavy atom. The largest absolute Gasteiger partial charge is 0.337 e. The topological polar surface area (TPSA) is 32.3 Å². The van der Waals surface area contributed by atoms with Gasteiger partial charge in [-0.2, -0.15) is 0 Å². The van der Waals surface area contributed by atoms with Crippen LogP contribution in [0.15, 0.2) is 28.7 Å². The molecular formula is C13H15BrN2O. The van der Waals surface area contributed by atoms with Crippen LogP contribution in [0.25, 0.3) is 0 Å². The van der Waals surface area contributed by atoms with Crippen molar-refractivity contribution < 1.29 is 4.79 Å². The van der Waals surface area contributed by atoms with Crippen LogP contribution in [0, 0.1) is 5.92 Å². The van der Waals surface area contributed by atoms with Crippen molar-refractivity contribution in [3.05, 3.63) is 34.3 Å². The third kappa shape index (κ3) is 2.11. The van der Waals surface area contributed by atoms with Gasteiger partial charge in [-0.1, -0.05) is 22.0 Å². The fraction of sp³-hybridized carbons (Fsp3) is 0.462. The van der Waals surface area contributed by atoms with Crippen molar-refractivity contribution in [3.8, 4) is 0 Å². The standard InChI is InChI=1S/C13H15BrN2O/c14-11-3-1-2-9(6-11)13(17)16-7-10-4-5-15-12(10)8-16/h1-3,6,10,12,15H,4-5,7-8H2/t10-,12+/m0/s1. The van der Waals surface area contributed by atoms with E-state index in [0.29, 0.717) is 12.0 Å². The van der Waals surface area contributed by atoms with Crippen LogP contribution < -0.4 is 5.32 Å². The highest BCUT2D eigenvalue weighted by molar-refractivity contribution is 9.10. The number of fused-ring (bicyclic) bond motifs is 1. The van der Waals surface area contributed by atoms with Crippen LogP contribution in [0.2, 0.25) is 0 Å². The van der Waals surface area contributed by atoms with E-state index in [2.05, 4.69) is 21.2 Å². The van der Waals surface area contributed by atoms with Crippen LogP contribution >= 0.6 is 15.9 Å². The number of carbonyl (C=O) groups is 1. The minimum Gasteiger partial charge on any atom is -0.337 e. The van der Waals surface area contributed by atoms with Crippen molar-refractivity contribution >= 4 is 21.8 Å². The Bertz CT molecular complexity index is 437. The van der Waals surface area contributed by atoms with Gasteiger partial charge < -0.3 is 10.2 Å². The monoisotopic (exact) mass is 294 g/mol. The molecule has 2 aliphatic heterocycles. The molecule has 0 aromatic heterocycles. The molecule has 2 atom stereocenters. The van der Waals surface area contributed by atoms with E-state index in [-0.39, 0.29) is 5.91 Å². The summed E-state index contributed by atoms with van der Waals surface area (Å²) in [6.45, 7) is 2.87. The first-order chi connectivity index (χ1) is 8.24. The summed E-state index contributed by atoms with van der Waals surface area (Å²) in [5.41, 5.74) is 0.777. The molecular weight excluding hydrogens is 280 g/mol. The van der Waals surface area contributed by atoms with Crippen molar-refractivity contribution in [1.82, 2.24) is 10.2 Å². The molecule has 2 heterocycles. The molecule has 1 aromatic carbocycles. The molecule has 0 spiro atoms. The molecule has 1 aromatic rings. The average molecular weight is 295 g/mol. The lowest BCUT2D eigenvalue weighted by Gasteiger charge is -2.17. The lowest BCUT2D eigenvalue weighted by atomic mass is 10.1. The van der Waals surface area contributed by atoms with Crippen LogP contribution in [0.4, 0.5) is 0 Å². The number of benzene rings is 1. The number of likely N-dealkylation sites (tertiary alicyclic amines) is 1. The summed E-state index contributed by atoms with van der Waals surface area (Å²) >= 11 is 3.40. The number of halogens is 1. The molecule has 2 fully saturated rings. The molecule has 0 saturated carbocycles. The van der Waals surface area contributed by atoms with E-state index in [4.69, 9.17) is 0 Å². The molecule has 1 amide bonds. The van der Waals surface area contributed by atoms with Gasteiger partial charge in [0.2, 0.25) is 0 Å². The Balaban J connectivity index is 1.75. The maximum atomic E-state index is 12.3. The van der Waals surface area contributed by atoms with Gasteiger partial charge in [-0.15, -0.1) is 0 Å². The maximum Gasteiger partial charge on any atom is 0.253 e. The van der Waals surface area contributed by atoms with Gasteiger partial charge in [0, 0.05) is 29.2 Å². The van der Waals surface area contributed by atoms with Gasteiger partial charge in [-0.25, -0.2) is 0 Å². The summed E-state index contributed by atoms with van der Waals surface area (Å²) in [5, 5.41) is 3.46. The second kappa shape index (κ2) is 4.42. The first kappa shape index (κ1) is 11.2. The third-order valence-electron chi connectivity index (χ3n) is 3.72. The number of rotatable bonds is 1. The van der Waals surface area contributed by atoms with E-state index in [1.807, 2.05) is 29.2 Å². The van der Waals surface area contributed by atoms with E-state index in [1.54, 1.807) is 0 Å². The third-order valence-corrected chi connectivity index (χ3v) is 4.21. The van der Waals surface area contributed by atoms with Crippen molar-refractivity contribution in [1.29, 1.82) is 0 Å².